The topological polar surface area (TPSA) is 55.3 Å². The van der Waals surface area contributed by atoms with Gasteiger partial charge in [-0.2, -0.15) is 0 Å². The Morgan fingerprint density at radius 3 is 2.58 bits per heavy atom. The maximum absolute atomic E-state index is 11.5. The molecule has 0 aliphatic heterocycles. The summed E-state index contributed by atoms with van der Waals surface area (Å²) in [6.07, 6.45) is 1.61. The van der Waals surface area contributed by atoms with E-state index in [-0.39, 0.29) is 5.97 Å². The molecule has 0 unspecified atom stereocenters. The molecule has 2 heterocycles. The van der Waals surface area contributed by atoms with Crippen molar-refractivity contribution in [3.05, 3.63) is 52.2 Å². The summed E-state index contributed by atoms with van der Waals surface area (Å²) in [6, 6.07) is 7.44. The molecule has 0 spiro atoms. The molecule has 0 saturated carbocycles. The number of rotatable bonds is 4. The van der Waals surface area contributed by atoms with E-state index in [0.717, 1.165) is 21.6 Å². The number of aromatic nitrogens is 2. The molecular weight excluding hydrogens is 322 g/mol. The predicted octanol–water partition coefficient (Wildman–Crippen LogP) is 3.73. The Bertz CT molecular complexity index is 887. The normalized spacial score (nSPS) is 10.8. The molecular formula is C18H19N3O2S. The van der Waals surface area contributed by atoms with Crippen molar-refractivity contribution in [2.24, 2.45) is 0 Å². The van der Waals surface area contributed by atoms with Crippen molar-refractivity contribution >= 4 is 33.3 Å². The maximum atomic E-state index is 11.5. The van der Waals surface area contributed by atoms with Gasteiger partial charge in [0, 0.05) is 18.5 Å². The summed E-state index contributed by atoms with van der Waals surface area (Å²) in [4.78, 5) is 24.8. The Labute approximate surface area is 144 Å². The van der Waals surface area contributed by atoms with Crippen LogP contribution in [0.4, 0.5) is 5.82 Å². The minimum atomic E-state index is -0.322. The Hall–Kier alpha value is -2.47. The fraction of sp³-hybridized carbons (Fsp3) is 0.278. The summed E-state index contributed by atoms with van der Waals surface area (Å²) in [5, 5.41) is 1.12. The van der Waals surface area contributed by atoms with Crippen molar-refractivity contribution in [3.8, 4) is 0 Å². The highest BCUT2D eigenvalue weighted by molar-refractivity contribution is 7.18. The van der Waals surface area contributed by atoms with E-state index in [9.17, 15) is 4.79 Å². The average Bonchev–Trinajstić information content (AvgIpc) is 2.89. The number of aryl methyl sites for hydroxylation is 2. The van der Waals surface area contributed by atoms with Crippen LogP contribution in [0.3, 0.4) is 0 Å². The van der Waals surface area contributed by atoms with Gasteiger partial charge in [0.2, 0.25) is 0 Å². The van der Waals surface area contributed by atoms with Crippen molar-refractivity contribution in [2.75, 3.05) is 19.1 Å². The highest BCUT2D eigenvalue weighted by Crippen LogP contribution is 2.34. The van der Waals surface area contributed by atoms with Crippen LogP contribution in [0.1, 0.15) is 26.4 Å². The minimum Gasteiger partial charge on any atom is -0.465 e. The number of fused-ring (bicyclic) bond motifs is 1. The smallest absolute Gasteiger partial charge is 0.337 e. The molecule has 0 N–H and O–H groups in total. The van der Waals surface area contributed by atoms with Crippen LogP contribution in [0.2, 0.25) is 0 Å². The van der Waals surface area contributed by atoms with E-state index in [2.05, 4.69) is 28.7 Å². The predicted molar refractivity (Wildman–Crippen MR) is 96.8 cm³/mol. The van der Waals surface area contributed by atoms with Crippen LogP contribution in [0, 0.1) is 13.8 Å². The van der Waals surface area contributed by atoms with E-state index < -0.39 is 0 Å². The van der Waals surface area contributed by atoms with Gasteiger partial charge in [0.15, 0.2) is 0 Å². The Balaban J connectivity index is 1.88. The van der Waals surface area contributed by atoms with Crippen LogP contribution in [-0.4, -0.2) is 30.1 Å². The molecule has 0 fully saturated rings. The van der Waals surface area contributed by atoms with E-state index in [1.165, 1.54) is 17.6 Å². The summed E-state index contributed by atoms with van der Waals surface area (Å²) in [6.45, 7) is 4.92. The zero-order valence-electron chi connectivity index (χ0n) is 14.2. The lowest BCUT2D eigenvalue weighted by Gasteiger charge is -2.19. The summed E-state index contributed by atoms with van der Waals surface area (Å²) in [5.41, 5.74) is 2.89. The molecule has 1 aromatic carbocycles. The molecule has 3 rings (SSSR count). The zero-order valence-corrected chi connectivity index (χ0v) is 15.0. The second-order valence-corrected chi connectivity index (χ2v) is 6.91. The van der Waals surface area contributed by atoms with E-state index >= 15 is 0 Å². The van der Waals surface area contributed by atoms with Gasteiger partial charge in [-0.3, -0.25) is 0 Å². The lowest BCUT2D eigenvalue weighted by atomic mass is 10.1. The molecule has 0 aliphatic rings. The summed E-state index contributed by atoms with van der Waals surface area (Å²) in [5.74, 6) is 0.607. The molecule has 0 aliphatic carbocycles. The number of methoxy groups -OCH3 is 1. The molecule has 0 bridgehead atoms. The van der Waals surface area contributed by atoms with Gasteiger partial charge in [-0.15, -0.1) is 11.3 Å². The third kappa shape index (κ3) is 2.97. The lowest BCUT2D eigenvalue weighted by Crippen LogP contribution is -2.18. The van der Waals surface area contributed by atoms with Gasteiger partial charge in [-0.1, -0.05) is 12.1 Å². The number of carbonyl (C=O) groups is 1. The first-order chi connectivity index (χ1) is 11.5. The van der Waals surface area contributed by atoms with Crippen molar-refractivity contribution in [3.63, 3.8) is 0 Å². The maximum Gasteiger partial charge on any atom is 0.337 e. The number of thiophene rings is 1. The number of hydrogen-bond acceptors (Lipinski definition) is 6. The van der Waals surface area contributed by atoms with Crippen LogP contribution < -0.4 is 4.90 Å². The highest BCUT2D eigenvalue weighted by Gasteiger charge is 2.15. The average molecular weight is 341 g/mol. The molecule has 2 aromatic heterocycles. The SMILES string of the molecule is COC(=O)c1ccc(CN(C)c2ncnc3sc(C)c(C)c23)cc1. The lowest BCUT2D eigenvalue weighted by molar-refractivity contribution is 0.0600. The monoisotopic (exact) mass is 341 g/mol. The second-order valence-electron chi connectivity index (χ2n) is 5.71. The number of benzene rings is 1. The van der Waals surface area contributed by atoms with Gasteiger partial charge < -0.3 is 9.64 Å². The summed E-state index contributed by atoms with van der Waals surface area (Å²) >= 11 is 1.70. The van der Waals surface area contributed by atoms with Crippen molar-refractivity contribution in [1.29, 1.82) is 0 Å². The molecule has 0 radical (unpaired) electrons. The van der Waals surface area contributed by atoms with Crippen LogP contribution in [-0.2, 0) is 11.3 Å². The molecule has 0 amide bonds. The van der Waals surface area contributed by atoms with Crippen molar-refractivity contribution < 1.29 is 9.53 Å². The van der Waals surface area contributed by atoms with Crippen LogP contribution >= 0.6 is 11.3 Å². The zero-order chi connectivity index (χ0) is 17.3. The highest BCUT2D eigenvalue weighted by atomic mass is 32.1. The fourth-order valence-electron chi connectivity index (χ4n) is 2.67. The molecule has 124 valence electrons. The van der Waals surface area contributed by atoms with Crippen molar-refractivity contribution in [2.45, 2.75) is 20.4 Å². The van der Waals surface area contributed by atoms with E-state index in [1.54, 1.807) is 29.8 Å². The largest absolute Gasteiger partial charge is 0.465 e. The molecule has 5 nitrogen and oxygen atoms in total. The van der Waals surface area contributed by atoms with E-state index in [0.29, 0.717) is 12.1 Å². The number of ether oxygens (including phenoxy) is 1. The number of anilines is 1. The molecule has 3 aromatic rings. The Morgan fingerprint density at radius 1 is 1.21 bits per heavy atom. The fourth-order valence-corrected chi connectivity index (χ4v) is 3.66. The van der Waals surface area contributed by atoms with Gasteiger partial charge in [0.05, 0.1) is 18.1 Å². The standard InChI is InChI=1S/C18H19N3O2S/c1-11-12(2)24-17-15(11)16(19-10-20-17)21(3)9-13-5-7-14(8-6-13)18(22)23-4/h5-8,10H,9H2,1-4H3. The summed E-state index contributed by atoms with van der Waals surface area (Å²) in [7, 11) is 3.40. The van der Waals surface area contributed by atoms with Crippen molar-refractivity contribution in [1.82, 2.24) is 9.97 Å². The van der Waals surface area contributed by atoms with E-state index in [4.69, 9.17) is 4.74 Å². The van der Waals surface area contributed by atoms with Crippen LogP contribution in [0.5, 0.6) is 0 Å². The third-order valence-corrected chi connectivity index (χ3v) is 5.22. The Kier molecular flexibility index (Phi) is 4.49. The molecule has 0 saturated heterocycles. The molecule has 24 heavy (non-hydrogen) atoms. The van der Waals surface area contributed by atoms with E-state index in [1.807, 2.05) is 19.2 Å². The van der Waals surface area contributed by atoms with Gasteiger partial charge in [0.25, 0.3) is 0 Å². The first-order valence-electron chi connectivity index (χ1n) is 7.60. The number of nitrogens with zero attached hydrogens (tertiary/aromatic N) is 3. The van der Waals surface area contributed by atoms with Crippen LogP contribution in [0.15, 0.2) is 30.6 Å². The molecule has 6 heteroatoms. The van der Waals surface area contributed by atoms with Gasteiger partial charge in [-0.05, 0) is 37.1 Å². The van der Waals surface area contributed by atoms with Gasteiger partial charge in [-0.25, -0.2) is 14.8 Å². The first kappa shape index (κ1) is 16.4. The number of esters is 1. The summed E-state index contributed by atoms with van der Waals surface area (Å²) < 4.78 is 4.73. The second kappa shape index (κ2) is 6.57. The van der Waals surface area contributed by atoms with Gasteiger partial charge in [0.1, 0.15) is 17.0 Å². The molecule has 0 atom stereocenters. The first-order valence-corrected chi connectivity index (χ1v) is 8.42. The quantitative estimate of drug-likeness (QED) is 0.677. The minimum absolute atomic E-state index is 0.322. The van der Waals surface area contributed by atoms with Crippen LogP contribution in [0.25, 0.3) is 10.2 Å². The third-order valence-electron chi connectivity index (χ3n) is 4.10. The number of carbonyl (C=O) groups excluding carboxylic acids is 1. The number of hydrogen-bond donors (Lipinski definition) is 0. The van der Waals surface area contributed by atoms with Gasteiger partial charge >= 0.3 is 5.97 Å². The Morgan fingerprint density at radius 2 is 1.92 bits per heavy atom.